The van der Waals surface area contributed by atoms with Gasteiger partial charge in [-0.1, -0.05) is 0 Å². The molecule has 0 amide bonds. The SMILES string of the molecule is CCO[C@H]1O[C@@H](n2cnc3c(C)ncnc32)[C@@H](O)[C@@H]1OC. The van der Waals surface area contributed by atoms with Gasteiger partial charge in [-0.2, -0.15) is 0 Å². The van der Waals surface area contributed by atoms with E-state index in [2.05, 4.69) is 15.0 Å². The molecular formula is C13H18N4O4. The molecule has 0 saturated carbocycles. The van der Waals surface area contributed by atoms with Crippen molar-refractivity contribution in [3.05, 3.63) is 18.3 Å². The van der Waals surface area contributed by atoms with Gasteiger partial charge in [0.25, 0.3) is 0 Å². The number of aliphatic hydroxyl groups excluding tert-OH is 1. The number of imidazole rings is 1. The Morgan fingerprint density at radius 1 is 1.38 bits per heavy atom. The lowest BCUT2D eigenvalue weighted by Crippen LogP contribution is -2.34. The minimum Gasteiger partial charge on any atom is -0.385 e. The van der Waals surface area contributed by atoms with Crippen LogP contribution in [0.15, 0.2) is 12.7 Å². The average Bonchev–Trinajstić information content (AvgIpc) is 3.02. The Balaban J connectivity index is 1.97. The molecule has 0 bridgehead atoms. The van der Waals surface area contributed by atoms with Gasteiger partial charge in [0.1, 0.15) is 24.1 Å². The van der Waals surface area contributed by atoms with Crippen molar-refractivity contribution in [2.24, 2.45) is 0 Å². The number of ether oxygens (including phenoxy) is 3. The Labute approximate surface area is 121 Å². The molecule has 2 aromatic heterocycles. The fraction of sp³-hybridized carbons (Fsp3) is 0.615. The van der Waals surface area contributed by atoms with Crippen LogP contribution in [-0.4, -0.2) is 56.8 Å². The lowest BCUT2D eigenvalue weighted by Gasteiger charge is -2.17. The summed E-state index contributed by atoms with van der Waals surface area (Å²) in [5.74, 6) is 0. The van der Waals surface area contributed by atoms with E-state index in [9.17, 15) is 5.11 Å². The number of aryl methyl sites for hydroxylation is 1. The highest BCUT2D eigenvalue weighted by atomic mass is 16.7. The fourth-order valence-corrected chi connectivity index (χ4v) is 2.55. The van der Waals surface area contributed by atoms with Crippen LogP contribution in [0.5, 0.6) is 0 Å². The molecular weight excluding hydrogens is 276 g/mol. The second kappa shape index (κ2) is 5.64. The molecule has 0 spiro atoms. The van der Waals surface area contributed by atoms with Crippen molar-refractivity contribution in [2.45, 2.75) is 38.6 Å². The van der Waals surface area contributed by atoms with Gasteiger partial charge in [0.15, 0.2) is 18.2 Å². The molecule has 4 atom stereocenters. The van der Waals surface area contributed by atoms with Crippen molar-refractivity contribution >= 4 is 11.2 Å². The summed E-state index contributed by atoms with van der Waals surface area (Å²) in [7, 11) is 1.52. The Kier molecular flexibility index (Phi) is 3.85. The molecule has 8 heteroatoms. The molecule has 114 valence electrons. The molecule has 2 aromatic rings. The zero-order valence-corrected chi connectivity index (χ0v) is 12.1. The monoisotopic (exact) mass is 294 g/mol. The number of hydrogen-bond donors (Lipinski definition) is 1. The topological polar surface area (TPSA) is 91.5 Å². The van der Waals surface area contributed by atoms with E-state index in [0.717, 1.165) is 5.69 Å². The summed E-state index contributed by atoms with van der Waals surface area (Å²) in [5, 5.41) is 10.4. The first-order valence-corrected chi connectivity index (χ1v) is 6.79. The first-order valence-electron chi connectivity index (χ1n) is 6.79. The van der Waals surface area contributed by atoms with Crippen LogP contribution in [0.2, 0.25) is 0 Å². The number of nitrogens with zero attached hydrogens (tertiary/aromatic N) is 4. The smallest absolute Gasteiger partial charge is 0.189 e. The van der Waals surface area contributed by atoms with E-state index in [1.165, 1.54) is 13.4 Å². The number of rotatable bonds is 4. The third-order valence-electron chi connectivity index (χ3n) is 3.59. The number of hydrogen-bond acceptors (Lipinski definition) is 7. The van der Waals surface area contributed by atoms with E-state index in [1.54, 1.807) is 10.9 Å². The second-order valence-corrected chi connectivity index (χ2v) is 4.82. The van der Waals surface area contributed by atoms with Crippen molar-refractivity contribution in [1.82, 2.24) is 19.5 Å². The Morgan fingerprint density at radius 3 is 2.90 bits per heavy atom. The van der Waals surface area contributed by atoms with Crippen LogP contribution in [0.4, 0.5) is 0 Å². The van der Waals surface area contributed by atoms with Crippen molar-refractivity contribution in [2.75, 3.05) is 13.7 Å². The number of fused-ring (bicyclic) bond motifs is 1. The van der Waals surface area contributed by atoms with E-state index in [4.69, 9.17) is 14.2 Å². The van der Waals surface area contributed by atoms with E-state index in [1.807, 2.05) is 13.8 Å². The van der Waals surface area contributed by atoms with Gasteiger partial charge in [0.2, 0.25) is 0 Å². The minimum atomic E-state index is -0.876. The molecule has 1 aliphatic rings. The van der Waals surface area contributed by atoms with Gasteiger partial charge in [-0.3, -0.25) is 4.57 Å². The Hall–Kier alpha value is -1.61. The molecule has 0 aliphatic carbocycles. The number of aliphatic hydroxyl groups is 1. The van der Waals surface area contributed by atoms with Gasteiger partial charge >= 0.3 is 0 Å². The Morgan fingerprint density at radius 2 is 2.19 bits per heavy atom. The van der Waals surface area contributed by atoms with Crippen LogP contribution < -0.4 is 0 Å². The highest BCUT2D eigenvalue weighted by Gasteiger charge is 2.46. The van der Waals surface area contributed by atoms with Crippen LogP contribution in [0.3, 0.4) is 0 Å². The summed E-state index contributed by atoms with van der Waals surface area (Å²) >= 11 is 0. The fourth-order valence-electron chi connectivity index (χ4n) is 2.55. The Bertz CT molecular complexity index is 632. The summed E-state index contributed by atoms with van der Waals surface area (Å²) in [6.07, 6.45) is 0.326. The number of aromatic nitrogens is 4. The third-order valence-corrected chi connectivity index (χ3v) is 3.59. The second-order valence-electron chi connectivity index (χ2n) is 4.82. The van der Waals surface area contributed by atoms with Gasteiger partial charge < -0.3 is 19.3 Å². The molecule has 3 heterocycles. The highest BCUT2D eigenvalue weighted by molar-refractivity contribution is 5.72. The predicted molar refractivity (Wildman–Crippen MR) is 72.4 cm³/mol. The molecule has 0 aromatic carbocycles. The lowest BCUT2D eigenvalue weighted by molar-refractivity contribution is -0.178. The predicted octanol–water partition coefficient (Wildman–Crippen LogP) is 0.402. The summed E-state index contributed by atoms with van der Waals surface area (Å²) in [5.41, 5.74) is 2.07. The maximum Gasteiger partial charge on any atom is 0.189 e. The largest absolute Gasteiger partial charge is 0.385 e. The molecule has 1 aliphatic heterocycles. The van der Waals surface area contributed by atoms with Gasteiger partial charge in [-0.05, 0) is 13.8 Å². The summed E-state index contributed by atoms with van der Waals surface area (Å²) < 4.78 is 18.2. The van der Waals surface area contributed by atoms with Crippen LogP contribution in [0, 0.1) is 6.92 Å². The summed E-state index contributed by atoms with van der Waals surface area (Å²) in [6, 6.07) is 0. The first kappa shape index (κ1) is 14.3. The first-order chi connectivity index (χ1) is 10.2. The minimum absolute atomic E-state index is 0.468. The molecule has 0 unspecified atom stereocenters. The van der Waals surface area contributed by atoms with Crippen LogP contribution in [0.25, 0.3) is 11.2 Å². The average molecular weight is 294 g/mol. The van der Waals surface area contributed by atoms with Crippen LogP contribution in [0.1, 0.15) is 18.8 Å². The van der Waals surface area contributed by atoms with Crippen molar-refractivity contribution in [1.29, 1.82) is 0 Å². The van der Waals surface area contributed by atoms with Crippen LogP contribution in [-0.2, 0) is 14.2 Å². The van der Waals surface area contributed by atoms with Crippen LogP contribution >= 0.6 is 0 Å². The van der Waals surface area contributed by atoms with Crippen molar-refractivity contribution in [3.8, 4) is 0 Å². The molecule has 1 N–H and O–H groups in total. The molecule has 21 heavy (non-hydrogen) atoms. The molecule has 0 radical (unpaired) electrons. The van der Waals surface area contributed by atoms with Gasteiger partial charge in [-0.25, -0.2) is 15.0 Å². The molecule has 3 rings (SSSR count). The van der Waals surface area contributed by atoms with E-state index >= 15 is 0 Å². The van der Waals surface area contributed by atoms with Gasteiger partial charge in [0.05, 0.1) is 12.0 Å². The lowest BCUT2D eigenvalue weighted by atomic mass is 10.2. The maximum atomic E-state index is 10.4. The van der Waals surface area contributed by atoms with E-state index in [0.29, 0.717) is 17.8 Å². The van der Waals surface area contributed by atoms with Crippen molar-refractivity contribution < 1.29 is 19.3 Å². The maximum absolute atomic E-state index is 10.4. The normalized spacial score (nSPS) is 29.3. The standard InChI is InChI=1S/C13H18N4O4/c1-4-20-13-10(19-3)9(18)12(21-13)17-6-16-8-7(2)14-5-15-11(8)17/h5-6,9-10,12-13,18H,4H2,1-3H3/t9-,10-,12+,13-/m0/s1. The van der Waals surface area contributed by atoms with E-state index in [-0.39, 0.29) is 0 Å². The number of methoxy groups -OCH3 is 1. The summed E-state index contributed by atoms with van der Waals surface area (Å²) in [4.78, 5) is 12.6. The third kappa shape index (κ3) is 2.30. The zero-order valence-electron chi connectivity index (χ0n) is 12.1. The van der Waals surface area contributed by atoms with Gasteiger partial charge in [-0.15, -0.1) is 0 Å². The molecule has 1 saturated heterocycles. The van der Waals surface area contributed by atoms with Crippen molar-refractivity contribution in [3.63, 3.8) is 0 Å². The quantitative estimate of drug-likeness (QED) is 0.872. The van der Waals surface area contributed by atoms with Gasteiger partial charge in [0, 0.05) is 13.7 Å². The molecule has 1 fully saturated rings. The molecule has 8 nitrogen and oxygen atoms in total. The highest BCUT2D eigenvalue weighted by Crippen LogP contribution is 2.33. The zero-order chi connectivity index (χ0) is 15.0. The van der Waals surface area contributed by atoms with E-state index < -0.39 is 24.7 Å². The summed E-state index contributed by atoms with van der Waals surface area (Å²) in [6.45, 7) is 4.18.